The Morgan fingerprint density at radius 1 is 0.543 bits per heavy atom. The third-order valence-corrected chi connectivity index (χ3v) is 13.7. The predicted octanol–water partition coefficient (Wildman–Crippen LogP) is -8.12. The highest BCUT2D eigenvalue weighted by Crippen LogP contribution is 2.11. The largest absolute Gasteiger partial charge is 0.481 e. The first-order valence-electron chi connectivity index (χ1n) is 29.3. The maximum atomic E-state index is 13.9. The van der Waals surface area contributed by atoms with Gasteiger partial charge >= 0.3 is 17.9 Å². The first-order valence-corrected chi connectivity index (χ1v) is 29.3. The molecule has 0 aliphatic rings. The van der Waals surface area contributed by atoms with Crippen LogP contribution >= 0.6 is 0 Å². The minimum atomic E-state index is -1.95. The Morgan fingerprint density at radius 3 is 1.52 bits per heavy atom. The molecule has 0 radical (unpaired) electrons. The number of carbonyl (C=O) groups excluding carboxylic acids is 12. The molecule has 0 aliphatic heterocycles. The van der Waals surface area contributed by atoms with E-state index in [1.54, 1.807) is 27.7 Å². The molecule has 92 heavy (non-hydrogen) atoms. The SMILES string of the molecule is CC[C@H](C)[C@H](N)C(=O)N[C@@H](CCC(N)=O)C(=O)N[C@H](C(=O)NCC(=O)N[C@@H](CC(C)C)C(=O)N[C@@H](CC(=O)O)C(=O)N[C@@H](C)C(=O)N[C@H](C(=O)N[C@@H](Cc1cnc[nH]1)C(=O)N[C@@H](C)C(=O)N[C@@H](CCC(=O)O)C(=O)N[C@@H](CCCN=C(N)N)C(=O)O)[C@@H](C)O)[C@@H](C)O. The number of hydrogen-bond acceptors (Lipinski definition) is 20. The fraction of sp³-hybridized carbons (Fsp3) is 0.648. The smallest absolute Gasteiger partial charge is 0.326 e. The van der Waals surface area contributed by atoms with Crippen LogP contribution < -0.4 is 81.4 Å². The van der Waals surface area contributed by atoms with Crippen molar-refractivity contribution in [3.8, 4) is 0 Å². The van der Waals surface area contributed by atoms with Gasteiger partial charge in [-0.25, -0.2) is 9.78 Å². The Labute approximate surface area is 528 Å². The zero-order valence-corrected chi connectivity index (χ0v) is 52.4. The van der Waals surface area contributed by atoms with Gasteiger partial charge in [-0.1, -0.05) is 34.1 Å². The lowest BCUT2D eigenvalue weighted by Gasteiger charge is -2.27. The van der Waals surface area contributed by atoms with Crippen molar-refractivity contribution in [2.75, 3.05) is 13.1 Å². The molecule has 0 unspecified atom stereocenters. The molecule has 12 amide bonds. The summed E-state index contributed by atoms with van der Waals surface area (Å²) >= 11 is 0. The molecule has 38 heteroatoms. The van der Waals surface area contributed by atoms with E-state index in [0.29, 0.717) is 6.42 Å². The number of nitrogens with zero attached hydrogens (tertiary/aromatic N) is 2. The molecule has 1 rings (SSSR count). The van der Waals surface area contributed by atoms with E-state index in [4.69, 9.17) is 22.9 Å². The molecule has 0 saturated carbocycles. The number of aromatic amines is 1. The summed E-state index contributed by atoms with van der Waals surface area (Å²) in [6.45, 7) is 10.3. The normalized spacial score (nSPS) is 15.6. The van der Waals surface area contributed by atoms with Gasteiger partial charge in [-0.3, -0.25) is 72.1 Å². The summed E-state index contributed by atoms with van der Waals surface area (Å²) in [6.07, 6.45) is -3.90. The molecule has 516 valence electrons. The minimum absolute atomic E-state index is 0.0105. The van der Waals surface area contributed by atoms with Gasteiger partial charge in [-0.2, -0.15) is 0 Å². The average Bonchev–Trinajstić information content (AvgIpc) is 1.59. The number of rotatable bonds is 43. The Kier molecular flexibility index (Phi) is 35.2. The van der Waals surface area contributed by atoms with E-state index in [0.717, 1.165) is 27.7 Å². The summed E-state index contributed by atoms with van der Waals surface area (Å²) in [7, 11) is 0. The van der Waals surface area contributed by atoms with Crippen LogP contribution in [0.3, 0.4) is 0 Å². The van der Waals surface area contributed by atoms with E-state index in [1.165, 1.54) is 12.5 Å². The molecule has 1 heterocycles. The van der Waals surface area contributed by atoms with Crippen molar-refractivity contribution < 1.29 is 97.5 Å². The van der Waals surface area contributed by atoms with Gasteiger partial charge in [-0.15, -0.1) is 0 Å². The number of H-pyrrole nitrogens is 1. The number of hydrogen-bond donors (Lipinski definition) is 21. The molecule has 0 saturated heterocycles. The number of aliphatic hydroxyl groups is 2. The van der Waals surface area contributed by atoms with Gasteiger partial charge in [0.15, 0.2) is 5.96 Å². The number of nitrogens with two attached hydrogens (primary N) is 4. The summed E-state index contributed by atoms with van der Waals surface area (Å²) in [6, 6.07) is -17.6. The highest BCUT2D eigenvalue weighted by molar-refractivity contribution is 6.00. The third-order valence-electron chi connectivity index (χ3n) is 13.7. The molecule has 0 aliphatic carbocycles. The number of imidazole rings is 1. The van der Waals surface area contributed by atoms with Gasteiger partial charge in [0.25, 0.3) is 0 Å². The number of aliphatic carboxylic acids is 3. The van der Waals surface area contributed by atoms with Gasteiger partial charge in [0, 0.05) is 37.7 Å². The molecule has 0 aromatic carbocycles. The van der Waals surface area contributed by atoms with Crippen molar-refractivity contribution >= 4 is 94.8 Å². The predicted molar refractivity (Wildman–Crippen MR) is 321 cm³/mol. The summed E-state index contributed by atoms with van der Waals surface area (Å²) in [4.78, 5) is 206. The number of aromatic nitrogens is 2. The first-order chi connectivity index (χ1) is 42.9. The zero-order valence-electron chi connectivity index (χ0n) is 52.4. The quantitative estimate of drug-likeness (QED) is 0.0164. The van der Waals surface area contributed by atoms with Gasteiger partial charge in [0.2, 0.25) is 70.9 Å². The fourth-order valence-electron chi connectivity index (χ4n) is 8.27. The van der Waals surface area contributed by atoms with Crippen LogP contribution in [-0.2, 0) is 78.3 Å². The van der Waals surface area contributed by atoms with Gasteiger partial charge in [-0.05, 0) is 71.6 Å². The Hall–Kier alpha value is -9.59. The van der Waals surface area contributed by atoms with E-state index in [-0.39, 0.29) is 68.6 Å². The molecule has 38 nitrogen and oxygen atoms in total. The summed E-state index contributed by atoms with van der Waals surface area (Å²) < 4.78 is 0. The van der Waals surface area contributed by atoms with Crippen molar-refractivity contribution in [2.24, 2.45) is 39.8 Å². The number of aliphatic hydroxyl groups excluding tert-OH is 2. The number of carboxylic acids is 3. The van der Waals surface area contributed by atoms with Crippen molar-refractivity contribution in [1.29, 1.82) is 0 Å². The maximum absolute atomic E-state index is 13.9. The number of nitrogens with one attached hydrogen (secondary N) is 12. The zero-order chi connectivity index (χ0) is 70.3. The Bertz CT molecular complexity index is 2760. The lowest BCUT2D eigenvalue weighted by molar-refractivity contribution is -0.143. The maximum Gasteiger partial charge on any atom is 0.326 e. The highest BCUT2D eigenvalue weighted by Gasteiger charge is 2.37. The van der Waals surface area contributed by atoms with E-state index in [1.807, 2.05) is 0 Å². The number of carboxylic acid groups (broad SMARTS) is 3. The second-order valence-corrected chi connectivity index (χ2v) is 22.2. The number of aliphatic imine (C=N–C) groups is 1. The molecule has 1 aromatic heterocycles. The van der Waals surface area contributed by atoms with Gasteiger partial charge in [0.05, 0.1) is 37.5 Å². The van der Waals surface area contributed by atoms with Crippen molar-refractivity contribution in [2.45, 2.75) is 198 Å². The van der Waals surface area contributed by atoms with Crippen molar-refractivity contribution in [3.63, 3.8) is 0 Å². The fourth-order valence-corrected chi connectivity index (χ4v) is 8.27. The monoisotopic (exact) mass is 1310 g/mol. The molecule has 25 N–H and O–H groups in total. The van der Waals surface area contributed by atoms with Crippen molar-refractivity contribution in [3.05, 3.63) is 18.2 Å². The Morgan fingerprint density at radius 2 is 1.02 bits per heavy atom. The Balaban J connectivity index is 3.25. The van der Waals surface area contributed by atoms with E-state index >= 15 is 0 Å². The number of guanidine groups is 1. The van der Waals surface area contributed by atoms with Crippen LogP contribution in [0.2, 0.25) is 0 Å². The van der Waals surface area contributed by atoms with E-state index in [2.05, 4.69) is 73.4 Å². The number of amides is 12. The first kappa shape index (κ1) is 80.4. The second-order valence-electron chi connectivity index (χ2n) is 22.2. The number of primary amides is 1. The van der Waals surface area contributed by atoms with Crippen molar-refractivity contribution in [1.82, 2.24) is 68.5 Å². The molecule has 0 spiro atoms. The standard InChI is InChI=1S/C54H90N18O20/c1-9-24(4)40(56)50(88)67-30(12-14-36(55)75)46(84)72-41(27(7)73)51(89)61-21-37(76)65-33(17-23(2)3)49(87)69-35(19-39(79)80)48(86)64-26(6)44(82)71-42(28(8)74)52(90)70-34(18-29-20-59-22-62-29)47(85)63-25(5)43(81)66-31(13-15-38(77)78)45(83)68-32(53(91)92)11-10-16-60-54(57)58/h20,22-28,30-35,40-42,73-74H,9-19,21,56H2,1-8H3,(H2,55,75)(H,59,62)(H,61,89)(H,63,85)(H,64,86)(H,65,76)(H,66,81)(H,67,88)(H,68,83)(H,69,87)(H,70,90)(H,71,82)(H,72,84)(H,77,78)(H,79,80)(H,91,92)(H4,57,58,60)/t24-,25-,26-,27+,28+,30-,31-,32-,33-,34-,35-,40-,41-,42-/m0/s1. The lowest BCUT2D eigenvalue weighted by atomic mass is 9.98. The van der Waals surface area contributed by atoms with E-state index in [9.17, 15) is 97.5 Å². The minimum Gasteiger partial charge on any atom is -0.481 e. The van der Waals surface area contributed by atoms with Crippen LogP contribution in [-0.4, -0.2) is 222 Å². The molecule has 0 bridgehead atoms. The molecule has 14 atom stereocenters. The highest BCUT2D eigenvalue weighted by atomic mass is 16.4. The molecular formula is C54H90N18O20. The number of carbonyl (C=O) groups is 15. The van der Waals surface area contributed by atoms with Crippen LogP contribution in [0, 0.1) is 11.8 Å². The molecule has 0 fully saturated rings. The molecule has 1 aromatic rings. The third kappa shape index (κ3) is 30.3. The average molecular weight is 1310 g/mol. The van der Waals surface area contributed by atoms with Crippen LogP contribution in [0.25, 0.3) is 0 Å². The second kappa shape index (κ2) is 40.2. The topological polar surface area (TPSA) is 635 Å². The van der Waals surface area contributed by atoms with Crippen LogP contribution in [0.1, 0.15) is 119 Å². The summed E-state index contributed by atoms with van der Waals surface area (Å²) in [5.41, 5.74) is 22.1. The summed E-state index contributed by atoms with van der Waals surface area (Å²) in [5.74, 6) is -18.1. The van der Waals surface area contributed by atoms with Crippen LogP contribution in [0.5, 0.6) is 0 Å². The summed E-state index contributed by atoms with van der Waals surface area (Å²) in [5, 5.41) is 75.0. The van der Waals surface area contributed by atoms with Crippen LogP contribution in [0.4, 0.5) is 0 Å². The molecular weight excluding hydrogens is 1220 g/mol. The van der Waals surface area contributed by atoms with E-state index < -0.39 is 193 Å². The lowest BCUT2D eigenvalue weighted by Crippen LogP contribution is -2.61. The van der Waals surface area contributed by atoms with Gasteiger partial charge < -0.3 is 112 Å². The van der Waals surface area contributed by atoms with Gasteiger partial charge in [0.1, 0.15) is 60.4 Å². The van der Waals surface area contributed by atoms with Crippen LogP contribution in [0.15, 0.2) is 17.5 Å².